The second kappa shape index (κ2) is 2.75. The van der Waals surface area contributed by atoms with Gasteiger partial charge in [0.25, 0.3) is 0 Å². The number of benzene rings is 1. The molecule has 2 N–H and O–H groups in total. The number of anilines is 1. The van der Waals surface area contributed by atoms with Crippen molar-refractivity contribution in [3.63, 3.8) is 0 Å². The second-order valence-corrected chi connectivity index (χ2v) is 3.36. The highest BCUT2D eigenvalue weighted by atomic mass is 79.9. The van der Waals surface area contributed by atoms with E-state index in [1.54, 1.807) is 12.4 Å². The summed E-state index contributed by atoms with van der Waals surface area (Å²) in [5, 5.41) is 2.20. The molecule has 0 saturated heterocycles. The van der Waals surface area contributed by atoms with Gasteiger partial charge in [0.1, 0.15) is 0 Å². The maximum Gasteiger partial charge on any atom is 0.0498 e. The minimum atomic E-state index is 0.746. The third-order valence-electron chi connectivity index (χ3n) is 1.79. The van der Waals surface area contributed by atoms with Crippen LogP contribution in [0.4, 0.5) is 5.69 Å². The monoisotopic (exact) mass is 222 g/mol. The van der Waals surface area contributed by atoms with Crippen LogP contribution in [0.2, 0.25) is 0 Å². The fourth-order valence-electron chi connectivity index (χ4n) is 1.14. The Balaban J connectivity index is 2.91. The first-order valence-electron chi connectivity index (χ1n) is 3.57. The number of halogens is 1. The van der Waals surface area contributed by atoms with Crippen LogP contribution < -0.4 is 5.73 Å². The molecule has 60 valence electrons. The van der Waals surface area contributed by atoms with Gasteiger partial charge in [0.05, 0.1) is 0 Å². The molecule has 1 aromatic heterocycles. The molecule has 2 aromatic rings. The van der Waals surface area contributed by atoms with Crippen LogP contribution in [-0.2, 0) is 0 Å². The van der Waals surface area contributed by atoms with Gasteiger partial charge in [-0.1, -0.05) is 6.07 Å². The summed E-state index contributed by atoms with van der Waals surface area (Å²) < 4.78 is 0.924. The molecule has 3 heteroatoms. The quantitative estimate of drug-likeness (QED) is 0.697. The van der Waals surface area contributed by atoms with Gasteiger partial charge in [-0.05, 0) is 33.4 Å². The van der Waals surface area contributed by atoms with Crippen LogP contribution in [0, 0.1) is 0 Å². The molecule has 0 fully saturated rings. The van der Waals surface area contributed by atoms with Crippen LogP contribution >= 0.6 is 15.9 Å². The predicted octanol–water partition coefficient (Wildman–Crippen LogP) is 2.58. The molecule has 0 saturated carbocycles. The first-order valence-corrected chi connectivity index (χ1v) is 4.36. The third kappa shape index (κ3) is 1.06. The number of rotatable bonds is 0. The average Bonchev–Trinajstić information content (AvgIpc) is 2.12. The molecule has 0 unspecified atom stereocenters. The molecule has 0 aliphatic heterocycles. The minimum Gasteiger partial charge on any atom is -0.398 e. The van der Waals surface area contributed by atoms with Crippen molar-refractivity contribution in [2.45, 2.75) is 0 Å². The Bertz CT molecular complexity index is 426. The Labute approximate surface area is 78.5 Å². The van der Waals surface area contributed by atoms with Crippen LogP contribution in [0.1, 0.15) is 0 Å². The van der Waals surface area contributed by atoms with Gasteiger partial charge in [0.15, 0.2) is 0 Å². The number of pyridine rings is 1. The lowest BCUT2D eigenvalue weighted by atomic mass is 10.2. The van der Waals surface area contributed by atoms with E-state index < -0.39 is 0 Å². The van der Waals surface area contributed by atoms with E-state index in [2.05, 4.69) is 20.9 Å². The van der Waals surface area contributed by atoms with Gasteiger partial charge in [-0.2, -0.15) is 0 Å². The smallest absolute Gasteiger partial charge is 0.0498 e. The molecule has 2 nitrogen and oxygen atoms in total. The fraction of sp³-hybridized carbons (Fsp3) is 0. The number of nitrogens with zero attached hydrogens (tertiary/aromatic N) is 1. The predicted molar refractivity (Wildman–Crippen MR) is 53.9 cm³/mol. The SMILES string of the molecule is Nc1ccc2ccncc2c1Br. The molecular weight excluding hydrogens is 216 g/mol. The number of nitrogens with two attached hydrogens (primary N) is 1. The summed E-state index contributed by atoms with van der Waals surface area (Å²) >= 11 is 3.42. The largest absolute Gasteiger partial charge is 0.398 e. The summed E-state index contributed by atoms with van der Waals surface area (Å²) in [6, 6.07) is 5.82. The van der Waals surface area contributed by atoms with Crippen LogP contribution in [0.5, 0.6) is 0 Å². The number of fused-ring (bicyclic) bond motifs is 1. The van der Waals surface area contributed by atoms with Crippen molar-refractivity contribution >= 4 is 32.4 Å². The summed E-state index contributed by atoms with van der Waals surface area (Å²) in [6.07, 6.45) is 3.57. The summed E-state index contributed by atoms with van der Waals surface area (Å²) in [6.45, 7) is 0. The van der Waals surface area contributed by atoms with E-state index in [0.29, 0.717) is 0 Å². The fourth-order valence-corrected chi connectivity index (χ4v) is 1.61. The van der Waals surface area contributed by atoms with Crippen molar-refractivity contribution in [2.75, 3.05) is 5.73 Å². The van der Waals surface area contributed by atoms with Gasteiger partial charge in [-0.15, -0.1) is 0 Å². The number of hydrogen-bond acceptors (Lipinski definition) is 2. The maximum atomic E-state index is 5.71. The zero-order chi connectivity index (χ0) is 8.55. The van der Waals surface area contributed by atoms with Gasteiger partial charge < -0.3 is 5.73 Å². The molecule has 0 aliphatic carbocycles. The van der Waals surface area contributed by atoms with E-state index in [-0.39, 0.29) is 0 Å². The Kier molecular flexibility index (Phi) is 1.73. The number of hydrogen-bond donors (Lipinski definition) is 1. The van der Waals surface area contributed by atoms with Crippen LogP contribution in [0.3, 0.4) is 0 Å². The lowest BCUT2D eigenvalue weighted by Gasteiger charge is -2.01. The van der Waals surface area contributed by atoms with E-state index in [1.165, 1.54) is 0 Å². The first kappa shape index (κ1) is 7.55. The van der Waals surface area contributed by atoms with E-state index in [0.717, 1.165) is 20.9 Å². The molecular formula is C9H7BrN2. The topological polar surface area (TPSA) is 38.9 Å². The molecule has 0 radical (unpaired) electrons. The normalized spacial score (nSPS) is 10.4. The van der Waals surface area contributed by atoms with Crippen LogP contribution in [-0.4, -0.2) is 4.98 Å². The Hall–Kier alpha value is -1.09. The molecule has 2 rings (SSSR count). The van der Waals surface area contributed by atoms with E-state index in [9.17, 15) is 0 Å². The Morgan fingerprint density at radius 1 is 1.25 bits per heavy atom. The Morgan fingerprint density at radius 2 is 2.08 bits per heavy atom. The number of aromatic nitrogens is 1. The average molecular weight is 223 g/mol. The van der Waals surface area contributed by atoms with Crippen molar-refractivity contribution in [2.24, 2.45) is 0 Å². The highest BCUT2D eigenvalue weighted by Crippen LogP contribution is 2.28. The van der Waals surface area contributed by atoms with Crippen molar-refractivity contribution in [3.05, 3.63) is 35.1 Å². The van der Waals surface area contributed by atoms with E-state index >= 15 is 0 Å². The minimum absolute atomic E-state index is 0.746. The summed E-state index contributed by atoms with van der Waals surface area (Å²) in [4.78, 5) is 4.03. The molecule has 0 atom stereocenters. The van der Waals surface area contributed by atoms with Crippen molar-refractivity contribution in [3.8, 4) is 0 Å². The summed E-state index contributed by atoms with van der Waals surface area (Å²) in [5.41, 5.74) is 6.46. The second-order valence-electron chi connectivity index (χ2n) is 2.57. The molecule has 0 spiro atoms. The molecule has 0 amide bonds. The van der Waals surface area contributed by atoms with E-state index in [1.807, 2.05) is 18.2 Å². The van der Waals surface area contributed by atoms with Gasteiger partial charge in [-0.25, -0.2) is 0 Å². The summed E-state index contributed by atoms with van der Waals surface area (Å²) in [5.74, 6) is 0. The van der Waals surface area contributed by atoms with E-state index in [4.69, 9.17) is 5.73 Å². The Morgan fingerprint density at radius 3 is 2.92 bits per heavy atom. The van der Waals surface area contributed by atoms with Crippen LogP contribution in [0.25, 0.3) is 10.8 Å². The highest BCUT2D eigenvalue weighted by molar-refractivity contribution is 9.10. The van der Waals surface area contributed by atoms with Crippen LogP contribution in [0.15, 0.2) is 35.1 Å². The molecule has 12 heavy (non-hydrogen) atoms. The van der Waals surface area contributed by atoms with Gasteiger partial charge in [-0.3, -0.25) is 4.98 Å². The third-order valence-corrected chi connectivity index (χ3v) is 2.67. The van der Waals surface area contributed by atoms with Gasteiger partial charge in [0.2, 0.25) is 0 Å². The summed E-state index contributed by atoms with van der Waals surface area (Å²) in [7, 11) is 0. The van der Waals surface area contributed by atoms with Crippen molar-refractivity contribution in [1.82, 2.24) is 4.98 Å². The van der Waals surface area contributed by atoms with Crippen molar-refractivity contribution < 1.29 is 0 Å². The molecule has 0 aliphatic rings. The zero-order valence-electron chi connectivity index (χ0n) is 6.29. The maximum absolute atomic E-state index is 5.71. The van der Waals surface area contributed by atoms with Gasteiger partial charge in [0, 0.05) is 27.9 Å². The number of nitrogen functional groups attached to an aromatic ring is 1. The first-order chi connectivity index (χ1) is 5.79. The standard InChI is InChI=1S/C9H7BrN2/c10-9-7-5-12-4-3-6(7)1-2-8(9)11/h1-5H,11H2. The lowest BCUT2D eigenvalue weighted by molar-refractivity contribution is 1.36. The highest BCUT2D eigenvalue weighted by Gasteiger charge is 2.00. The zero-order valence-corrected chi connectivity index (χ0v) is 7.88. The molecule has 0 bridgehead atoms. The lowest BCUT2D eigenvalue weighted by Crippen LogP contribution is -1.87. The molecule has 1 heterocycles. The molecule has 1 aromatic carbocycles. The van der Waals surface area contributed by atoms with Gasteiger partial charge >= 0.3 is 0 Å². The van der Waals surface area contributed by atoms with Crippen molar-refractivity contribution in [1.29, 1.82) is 0 Å².